The number of phenolic OH excluding ortho intramolecular Hbond substituents is 1. The van der Waals surface area contributed by atoms with Crippen molar-refractivity contribution >= 4 is 96.1 Å². The number of carboxylic acids is 1. The van der Waals surface area contributed by atoms with Gasteiger partial charge in [-0.2, -0.15) is 0 Å². The van der Waals surface area contributed by atoms with E-state index < -0.39 is 5.97 Å². The summed E-state index contributed by atoms with van der Waals surface area (Å²) < 4.78 is 2.56. The van der Waals surface area contributed by atoms with Crippen molar-refractivity contribution in [1.29, 1.82) is 0 Å². The van der Waals surface area contributed by atoms with Gasteiger partial charge in [0.25, 0.3) is 0 Å². The molecule has 1 aromatic heterocycles. The van der Waals surface area contributed by atoms with Gasteiger partial charge in [0.05, 0.1) is 19.3 Å². The average molecular weight is 712 g/mol. The molecule has 26 heavy (non-hydrogen) atoms. The highest BCUT2D eigenvalue weighted by atomic mass is 127. The van der Waals surface area contributed by atoms with Gasteiger partial charge in [0.2, 0.25) is 5.91 Å². The van der Waals surface area contributed by atoms with Crippen LogP contribution < -0.4 is 5.32 Å². The Hall–Kier alpha value is -0.220. The number of halogens is 3. The van der Waals surface area contributed by atoms with Crippen molar-refractivity contribution in [1.82, 2.24) is 4.98 Å². The second-order valence-electron chi connectivity index (χ2n) is 5.49. The summed E-state index contributed by atoms with van der Waals surface area (Å²) in [7, 11) is 0. The zero-order chi connectivity index (χ0) is 19.4. The van der Waals surface area contributed by atoms with E-state index in [1.807, 2.05) is 13.0 Å². The van der Waals surface area contributed by atoms with Gasteiger partial charge in [-0.05, 0) is 92.2 Å². The van der Waals surface area contributed by atoms with Crippen molar-refractivity contribution in [3.63, 3.8) is 0 Å². The Kier molecular flexibility index (Phi) is 8.33. The Bertz CT molecular complexity index is 841. The monoisotopic (exact) mass is 712 g/mol. The van der Waals surface area contributed by atoms with Crippen molar-refractivity contribution in [2.75, 3.05) is 5.32 Å². The van der Waals surface area contributed by atoms with Gasteiger partial charge in [-0.3, -0.25) is 9.59 Å². The highest BCUT2D eigenvalue weighted by Gasteiger charge is 2.23. The Morgan fingerprint density at radius 1 is 1.31 bits per heavy atom. The zero-order valence-corrected chi connectivity index (χ0v) is 20.8. The second kappa shape index (κ2) is 9.82. The van der Waals surface area contributed by atoms with Gasteiger partial charge in [0.15, 0.2) is 5.13 Å². The van der Waals surface area contributed by atoms with Crippen LogP contribution in [-0.2, 0) is 22.4 Å². The number of rotatable bonds is 7. The maximum absolute atomic E-state index is 12.6. The van der Waals surface area contributed by atoms with Gasteiger partial charge in [-0.1, -0.05) is 6.92 Å². The summed E-state index contributed by atoms with van der Waals surface area (Å²) in [5.74, 6) is -1.14. The Morgan fingerprint density at radius 2 is 2.00 bits per heavy atom. The molecule has 2 aromatic rings. The standard InChI is InChI=1S/C16H15I3N2O4S/c1-2-7(3-9-10(17)5-11(18)14(24)13(9)19)15(25)21-16-20-8(6-26-16)4-12(22)23/h5-7,24H,2-4H2,1H3,(H,22,23)(H,20,21,25)/t7-/m1/s1. The summed E-state index contributed by atoms with van der Waals surface area (Å²) in [6, 6.07) is 1.90. The molecule has 0 aliphatic heterocycles. The van der Waals surface area contributed by atoms with Crippen LogP contribution in [0.15, 0.2) is 11.4 Å². The number of hydrogen-bond donors (Lipinski definition) is 3. The molecule has 0 unspecified atom stereocenters. The minimum Gasteiger partial charge on any atom is -0.506 e. The highest BCUT2D eigenvalue weighted by molar-refractivity contribution is 14.1. The molecule has 0 bridgehead atoms. The lowest BCUT2D eigenvalue weighted by Gasteiger charge is -2.17. The smallest absolute Gasteiger partial charge is 0.309 e. The Labute approximate surface area is 195 Å². The molecule has 2 rings (SSSR count). The van der Waals surface area contributed by atoms with E-state index in [-0.39, 0.29) is 24.0 Å². The fourth-order valence-corrected chi connectivity index (χ4v) is 6.81. The Morgan fingerprint density at radius 3 is 2.62 bits per heavy atom. The summed E-state index contributed by atoms with van der Waals surface area (Å²) in [5.41, 5.74) is 1.38. The van der Waals surface area contributed by atoms with Crippen molar-refractivity contribution in [2.24, 2.45) is 5.92 Å². The number of nitrogens with one attached hydrogen (secondary N) is 1. The van der Waals surface area contributed by atoms with Gasteiger partial charge >= 0.3 is 5.97 Å². The lowest BCUT2D eigenvalue weighted by atomic mass is 9.96. The first kappa shape index (κ1) is 22.1. The van der Waals surface area contributed by atoms with E-state index >= 15 is 0 Å². The van der Waals surface area contributed by atoms with Crippen molar-refractivity contribution in [3.8, 4) is 5.75 Å². The molecule has 0 fully saturated rings. The molecule has 140 valence electrons. The normalized spacial score (nSPS) is 12.0. The van der Waals surface area contributed by atoms with Crippen LogP contribution in [0.3, 0.4) is 0 Å². The van der Waals surface area contributed by atoms with Gasteiger partial charge < -0.3 is 15.5 Å². The predicted molar refractivity (Wildman–Crippen MR) is 126 cm³/mol. The molecule has 3 N–H and O–H groups in total. The van der Waals surface area contributed by atoms with Gasteiger partial charge in [0, 0.05) is 14.9 Å². The number of nitrogens with zero attached hydrogens (tertiary/aromatic N) is 1. The largest absolute Gasteiger partial charge is 0.506 e. The van der Waals surface area contributed by atoms with E-state index in [1.165, 1.54) is 11.3 Å². The van der Waals surface area contributed by atoms with Crippen LogP contribution in [0.1, 0.15) is 24.6 Å². The van der Waals surface area contributed by atoms with E-state index in [1.54, 1.807) is 5.38 Å². The minimum atomic E-state index is -0.956. The lowest BCUT2D eigenvalue weighted by Crippen LogP contribution is -2.25. The molecule has 1 atom stereocenters. The SMILES string of the molecule is CC[C@H](Cc1c(I)cc(I)c(O)c1I)C(=O)Nc1nc(CC(=O)O)cs1. The van der Waals surface area contributed by atoms with E-state index in [4.69, 9.17) is 5.11 Å². The number of anilines is 1. The summed E-state index contributed by atoms with van der Waals surface area (Å²) in [6.07, 6.45) is 0.983. The van der Waals surface area contributed by atoms with Crippen molar-refractivity contribution in [2.45, 2.75) is 26.2 Å². The number of amides is 1. The third kappa shape index (κ3) is 5.64. The molecule has 6 nitrogen and oxygen atoms in total. The number of carbonyl (C=O) groups is 2. The fraction of sp³-hybridized carbons (Fsp3) is 0.312. The maximum atomic E-state index is 12.6. The first-order valence-corrected chi connectivity index (χ1v) is 11.7. The predicted octanol–water partition coefficient (Wildman–Crippen LogP) is 4.50. The fourth-order valence-electron chi connectivity index (χ4n) is 2.28. The minimum absolute atomic E-state index is 0.159. The first-order chi connectivity index (χ1) is 12.2. The van der Waals surface area contributed by atoms with Crippen molar-refractivity contribution < 1.29 is 19.8 Å². The number of hydrogen-bond acceptors (Lipinski definition) is 5. The van der Waals surface area contributed by atoms with Crippen LogP contribution in [0, 0.1) is 16.6 Å². The number of aliphatic carboxylic acids is 1. The number of aromatic hydroxyl groups is 1. The number of phenols is 1. The second-order valence-corrected chi connectivity index (χ2v) is 9.76. The van der Waals surface area contributed by atoms with Gasteiger partial charge in [-0.25, -0.2) is 4.98 Å². The topological polar surface area (TPSA) is 99.5 Å². The van der Waals surface area contributed by atoms with Gasteiger partial charge in [0.1, 0.15) is 5.75 Å². The molecular formula is C16H15I3N2O4S. The van der Waals surface area contributed by atoms with Crippen LogP contribution in [0.25, 0.3) is 0 Å². The summed E-state index contributed by atoms with van der Waals surface area (Å²) in [5, 5.41) is 23.8. The molecule has 0 saturated carbocycles. The number of benzene rings is 1. The third-order valence-corrected chi connectivity index (χ3v) is 7.42. The van der Waals surface area contributed by atoms with Gasteiger partial charge in [-0.15, -0.1) is 11.3 Å². The van der Waals surface area contributed by atoms with Crippen LogP contribution >= 0.6 is 79.1 Å². The molecule has 0 aliphatic rings. The average Bonchev–Trinajstić information content (AvgIpc) is 2.99. The number of carboxylic acid groups (broad SMARTS) is 1. The first-order valence-electron chi connectivity index (χ1n) is 7.55. The van der Waals surface area contributed by atoms with Crippen LogP contribution in [0.5, 0.6) is 5.75 Å². The Balaban J connectivity index is 2.13. The lowest BCUT2D eigenvalue weighted by molar-refractivity contribution is -0.136. The molecular weight excluding hydrogens is 697 g/mol. The molecule has 0 spiro atoms. The molecule has 1 aromatic carbocycles. The quantitative estimate of drug-likeness (QED) is 0.368. The number of carbonyl (C=O) groups excluding carboxylic acids is 1. The summed E-state index contributed by atoms with van der Waals surface area (Å²) >= 11 is 7.63. The summed E-state index contributed by atoms with van der Waals surface area (Å²) in [4.78, 5) is 27.5. The van der Waals surface area contributed by atoms with E-state index in [0.717, 1.165) is 16.3 Å². The number of thiazole rings is 1. The van der Waals surface area contributed by atoms with E-state index in [2.05, 4.69) is 78.1 Å². The molecule has 10 heteroatoms. The summed E-state index contributed by atoms with van der Waals surface area (Å²) in [6.45, 7) is 1.94. The molecule has 0 aliphatic carbocycles. The van der Waals surface area contributed by atoms with Crippen LogP contribution in [0.2, 0.25) is 0 Å². The molecule has 0 saturated heterocycles. The van der Waals surface area contributed by atoms with Crippen molar-refractivity contribution in [3.05, 3.63) is 33.4 Å². The number of aromatic nitrogens is 1. The van der Waals surface area contributed by atoms with E-state index in [0.29, 0.717) is 23.7 Å². The molecule has 0 radical (unpaired) electrons. The third-order valence-electron chi connectivity index (χ3n) is 3.67. The maximum Gasteiger partial charge on any atom is 0.309 e. The zero-order valence-electron chi connectivity index (χ0n) is 13.6. The highest BCUT2D eigenvalue weighted by Crippen LogP contribution is 2.34. The molecule has 1 heterocycles. The van der Waals surface area contributed by atoms with Crippen LogP contribution in [-0.4, -0.2) is 27.1 Å². The van der Waals surface area contributed by atoms with Crippen LogP contribution in [0.4, 0.5) is 5.13 Å². The molecule has 1 amide bonds. The van der Waals surface area contributed by atoms with E-state index in [9.17, 15) is 14.7 Å².